The molecule has 2 heterocycles. The van der Waals surface area contributed by atoms with Gasteiger partial charge in [-0.2, -0.15) is 11.3 Å². The lowest BCUT2D eigenvalue weighted by atomic mass is 10.0. The summed E-state index contributed by atoms with van der Waals surface area (Å²) in [5, 5.41) is 4.39. The normalized spacial score (nSPS) is 25.8. The fourth-order valence-electron chi connectivity index (χ4n) is 2.74. The van der Waals surface area contributed by atoms with Gasteiger partial charge in [-0.05, 0) is 48.2 Å². The molecule has 16 heavy (non-hydrogen) atoms. The van der Waals surface area contributed by atoms with Gasteiger partial charge >= 0.3 is 0 Å². The number of rotatable bonds is 4. The Kier molecular flexibility index (Phi) is 4.00. The molecule has 3 heteroatoms. The molecule has 1 aliphatic heterocycles. The Morgan fingerprint density at radius 3 is 2.94 bits per heavy atom. The fourth-order valence-corrected chi connectivity index (χ4v) is 3.43. The molecule has 3 atom stereocenters. The molecule has 0 saturated carbocycles. The molecular weight excluding hydrogens is 216 g/mol. The first-order chi connectivity index (χ1) is 7.72. The number of nitrogens with zero attached hydrogens (tertiary/aromatic N) is 1. The molecule has 2 rings (SSSR count). The number of hydrogen-bond donors (Lipinski definition) is 1. The number of nitrogens with two attached hydrogens (primary N) is 1. The smallest absolute Gasteiger partial charge is 0.0504 e. The van der Waals surface area contributed by atoms with Crippen molar-refractivity contribution in [2.24, 2.45) is 11.7 Å². The van der Waals surface area contributed by atoms with Crippen LogP contribution in [0.3, 0.4) is 0 Å². The first-order valence-corrected chi connectivity index (χ1v) is 7.18. The average Bonchev–Trinajstić information content (AvgIpc) is 2.88. The maximum Gasteiger partial charge on any atom is 0.0504 e. The van der Waals surface area contributed by atoms with E-state index in [4.69, 9.17) is 5.73 Å². The summed E-state index contributed by atoms with van der Waals surface area (Å²) in [4.78, 5) is 2.57. The van der Waals surface area contributed by atoms with Crippen LogP contribution in [0, 0.1) is 5.92 Å². The predicted octanol–water partition coefficient (Wildman–Crippen LogP) is 2.87. The van der Waals surface area contributed by atoms with Crippen molar-refractivity contribution in [3.05, 3.63) is 22.4 Å². The minimum Gasteiger partial charge on any atom is -0.326 e. The largest absolute Gasteiger partial charge is 0.326 e. The maximum atomic E-state index is 6.16. The summed E-state index contributed by atoms with van der Waals surface area (Å²) in [6.45, 7) is 6.85. The Morgan fingerprint density at radius 1 is 1.62 bits per heavy atom. The van der Waals surface area contributed by atoms with E-state index in [9.17, 15) is 0 Å². The quantitative estimate of drug-likeness (QED) is 0.874. The van der Waals surface area contributed by atoms with E-state index in [1.165, 1.54) is 31.5 Å². The second kappa shape index (κ2) is 5.30. The van der Waals surface area contributed by atoms with Gasteiger partial charge < -0.3 is 5.73 Å². The van der Waals surface area contributed by atoms with Gasteiger partial charge in [-0.15, -0.1) is 0 Å². The monoisotopic (exact) mass is 238 g/mol. The van der Waals surface area contributed by atoms with Crippen LogP contribution in [0.4, 0.5) is 0 Å². The van der Waals surface area contributed by atoms with Gasteiger partial charge in [0.05, 0.1) is 6.04 Å². The molecule has 0 amide bonds. The van der Waals surface area contributed by atoms with E-state index in [1.807, 2.05) is 0 Å². The molecular formula is C13H22N2S. The van der Waals surface area contributed by atoms with Crippen LogP contribution in [0.5, 0.6) is 0 Å². The Bertz CT molecular complexity index is 308. The van der Waals surface area contributed by atoms with E-state index in [0.29, 0.717) is 6.04 Å². The molecule has 0 aliphatic carbocycles. The highest BCUT2D eigenvalue weighted by Crippen LogP contribution is 2.31. The van der Waals surface area contributed by atoms with E-state index < -0.39 is 0 Å². The number of thiophene rings is 1. The molecule has 1 aromatic heterocycles. The van der Waals surface area contributed by atoms with Gasteiger partial charge in [0.2, 0.25) is 0 Å². The predicted molar refractivity (Wildman–Crippen MR) is 70.7 cm³/mol. The van der Waals surface area contributed by atoms with Gasteiger partial charge in [-0.3, -0.25) is 4.90 Å². The second-order valence-electron chi connectivity index (χ2n) is 4.92. The molecule has 1 saturated heterocycles. The standard InChI is InChI=1S/C13H22N2S/c1-3-11-4-6-15(8-11)13(10(2)14)12-5-7-16-9-12/h5,7,9-11,13H,3-4,6,8,14H2,1-2H3. The van der Waals surface area contributed by atoms with Crippen LogP contribution in [-0.2, 0) is 0 Å². The van der Waals surface area contributed by atoms with Gasteiger partial charge in [-0.25, -0.2) is 0 Å². The first kappa shape index (κ1) is 12.1. The highest BCUT2D eigenvalue weighted by atomic mass is 32.1. The van der Waals surface area contributed by atoms with Crippen molar-refractivity contribution in [3.63, 3.8) is 0 Å². The Hall–Kier alpha value is -0.380. The first-order valence-electron chi connectivity index (χ1n) is 6.24. The van der Waals surface area contributed by atoms with Crippen LogP contribution < -0.4 is 5.73 Å². The van der Waals surface area contributed by atoms with Crippen LogP contribution in [0.15, 0.2) is 16.8 Å². The lowest BCUT2D eigenvalue weighted by Gasteiger charge is -2.30. The summed E-state index contributed by atoms with van der Waals surface area (Å²) in [6.07, 6.45) is 2.63. The van der Waals surface area contributed by atoms with Crippen LogP contribution in [0.1, 0.15) is 38.3 Å². The van der Waals surface area contributed by atoms with Gasteiger partial charge in [0.15, 0.2) is 0 Å². The molecule has 90 valence electrons. The zero-order chi connectivity index (χ0) is 11.5. The summed E-state index contributed by atoms with van der Waals surface area (Å²) in [5.41, 5.74) is 7.56. The summed E-state index contributed by atoms with van der Waals surface area (Å²) >= 11 is 1.77. The van der Waals surface area contributed by atoms with Gasteiger partial charge in [-0.1, -0.05) is 13.3 Å². The number of hydrogen-bond acceptors (Lipinski definition) is 3. The van der Waals surface area contributed by atoms with Gasteiger partial charge in [0, 0.05) is 12.6 Å². The molecule has 0 radical (unpaired) electrons. The molecule has 3 unspecified atom stereocenters. The molecule has 0 bridgehead atoms. The lowest BCUT2D eigenvalue weighted by Crippen LogP contribution is -2.38. The minimum absolute atomic E-state index is 0.213. The van der Waals surface area contributed by atoms with E-state index in [1.54, 1.807) is 11.3 Å². The molecule has 0 spiro atoms. The van der Waals surface area contributed by atoms with Crippen LogP contribution >= 0.6 is 11.3 Å². The van der Waals surface area contributed by atoms with Crippen molar-refractivity contribution in [2.75, 3.05) is 13.1 Å². The van der Waals surface area contributed by atoms with Crippen molar-refractivity contribution >= 4 is 11.3 Å². The molecule has 1 aliphatic rings. The highest BCUT2D eigenvalue weighted by Gasteiger charge is 2.30. The maximum absolute atomic E-state index is 6.16. The van der Waals surface area contributed by atoms with Crippen molar-refractivity contribution in [1.82, 2.24) is 4.90 Å². The topological polar surface area (TPSA) is 29.3 Å². The third kappa shape index (κ3) is 2.47. The second-order valence-corrected chi connectivity index (χ2v) is 5.70. The zero-order valence-corrected chi connectivity index (χ0v) is 11.0. The molecule has 2 N–H and O–H groups in total. The average molecular weight is 238 g/mol. The highest BCUT2D eigenvalue weighted by molar-refractivity contribution is 7.07. The van der Waals surface area contributed by atoms with Crippen molar-refractivity contribution < 1.29 is 0 Å². The summed E-state index contributed by atoms with van der Waals surface area (Å²) in [7, 11) is 0. The SMILES string of the molecule is CCC1CCN(C(c2ccsc2)C(C)N)C1. The van der Waals surface area contributed by atoms with Crippen LogP contribution in [0.2, 0.25) is 0 Å². The molecule has 2 nitrogen and oxygen atoms in total. The third-order valence-electron chi connectivity index (χ3n) is 3.67. The number of likely N-dealkylation sites (tertiary alicyclic amines) is 1. The summed E-state index contributed by atoms with van der Waals surface area (Å²) in [5.74, 6) is 0.875. The molecule has 0 aromatic carbocycles. The van der Waals surface area contributed by atoms with Gasteiger partial charge in [0.25, 0.3) is 0 Å². The van der Waals surface area contributed by atoms with Crippen molar-refractivity contribution in [1.29, 1.82) is 0 Å². The minimum atomic E-state index is 0.213. The Balaban J connectivity index is 2.09. The lowest BCUT2D eigenvalue weighted by molar-refractivity contribution is 0.211. The van der Waals surface area contributed by atoms with Gasteiger partial charge in [0.1, 0.15) is 0 Å². The molecule has 1 fully saturated rings. The van der Waals surface area contributed by atoms with E-state index in [0.717, 1.165) is 5.92 Å². The molecule has 1 aromatic rings. The third-order valence-corrected chi connectivity index (χ3v) is 4.37. The van der Waals surface area contributed by atoms with E-state index in [-0.39, 0.29) is 6.04 Å². The summed E-state index contributed by atoms with van der Waals surface area (Å²) in [6, 6.07) is 2.85. The van der Waals surface area contributed by atoms with Crippen molar-refractivity contribution in [2.45, 2.75) is 38.8 Å². The van der Waals surface area contributed by atoms with Crippen molar-refractivity contribution in [3.8, 4) is 0 Å². The Labute approximate surface area is 102 Å². The van der Waals surface area contributed by atoms with E-state index in [2.05, 4.69) is 35.6 Å². The Morgan fingerprint density at radius 2 is 2.44 bits per heavy atom. The van der Waals surface area contributed by atoms with Crippen LogP contribution in [0.25, 0.3) is 0 Å². The van der Waals surface area contributed by atoms with Crippen LogP contribution in [-0.4, -0.2) is 24.0 Å². The summed E-state index contributed by atoms with van der Waals surface area (Å²) < 4.78 is 0. The fraction of sp³-hybridized carbons (Fsp3) is 0.692. The zero-order valence-electron chi connectivity index (χ0n) is 10.2. The van der Waals surface area contributed by atoms with E-state index >= 15 is 0 Å².